The van der Waals surface area contributed by atoms with E-state index in [9.17, 15) is 4.79 Å². The number of carbonyl (C=O) groups excluding carboxylic acids is 1. The van der Waals surface area contributed by atoms with Crippen LogP contribution in [0.4, 0.5) is 0 Å². The lowest BCUT2D eigenvalue weighted by atomic mass is 10.1. The van der Waals surface area contributed by atoms with Crippen LogP contribution < -0.4 is 0 Å². The maximum atomic E-state index is 12.2. The van der Waals surface area contributed by atoms with Crippen molar-refractivity contribution in [1.82, 2.24) is 9.80 Å². The van der Waals surface area contributed by atoms with Crippen LogP contribution in [-0.4, -0.2) is 41.9 Å². The van der Waals surface area contributed by atoms with E-state index in [4.69, 9.17) is 9.68 Å². The summed E-state index contributed by atoms with van der Waals surface area (Å²) in [6.07, 6.45) is 3.00. The van der Waals surface area contributed by atoms with Gasteiger partial charge in [-0.15, -0.1) is 0 Å². The first-order chi connectivity index (χ1) is 10.8. The van der Waals surface area contributed by atoms with Gasteiger partial charge in [-0.05, 0) is 17.7 Å². The average molecular weight is 295 g/mol. The Bertz CT molecular complexity index is 680. The highest BCUT2D eigenvalue weighted by molar-refractivity contribution is 5.93. The molecule has 1 aromatic carbocycles. The van der Waals surface area contributed by atoms with Gasteiger partial charge in [0.05, 0.1) is 23.5 Å². The zero-order valence-corrected chi connectivity index (χ0v) is 12.2. The Morgan fingerprint density at radius 1 is 1.18 bits per heavy atom. The fourth-order valence-corrected chi connectivity index (χ4v) is 2.69. The molecule has 0 unspecified atom stereocenters. The largest absolute Gasteiger partial charge is 0.472 e. The van der Waals surface area contributed by atoms with Gasteiger partial charge in [-0.1, -0.05) is 18.2 Å². The molecule has 0 spiro atoms. The molecule has 2 heterocycles. The first-order valence-corrected chi connectivity index (χ1v) is 7.30. The predicted molar refractivity (Wildman–Crippen MR) is 81.0 cm³/mol. The van der Waals surface area contributed by atoms with Crippen LogP contribution in [0.1, 0.15) is 21.5 Å². The van der Waals surface area contributed by atoms with Crippen LogP contribution in [0.25, 0.3) is 0 Å². The lowest BCUT2D eigenvalue weighted by Crippen LogP contribution is -2.48. The van der Waals surface area contributed by atoms with Crippen LogP contribution in [0.3, 0.4) is 0 Å². The topological polar surface area (TPSA) is 60.5 Å². The summed E-state index contributed by atoms with van der Waals surface area (Å²) in [7, 11) is 0. The Morgan fingerprint density at radius 2 is 1.95 bits per heavy atom. The molecule has 5 nitrogen and oxygen atoms in total. The first-order valence-electron chi connectivity index (χ1n) is 7.30. The van der Waals surface area contributed by atoms with Crippen molar-refractivity contribution in [1.29, 1.82) is 5.26 Å². The third-order valence-corrected chi connectivity index (χ3v) is 3.96. The fourth-order valence-electron chi connectivity index (χ4n) is 2.69. The number of nitrogens with zero attached hydrogens (tertiary/aromatic N) is 3. The summed E-state index contributed by atoms with van der Waals surface area (Å²) in [5.41, 5.74) is 2.36. The van der Waals surface area contributed by atoms with Gasteiger partial charge in [0.1, 0.15) is 6.26 Å². The van der Waals surface area contributed by atoms with E-state index in [-0.39, 0.29) is 5.91 Å². The number of piperazine rings is 1. The monoisotopic (exact) mass is 295 g/mol. The highest BCUT2D eigenvalue weighted by atomic mass is 16.3. The number of furan rings is 1. The molecule has 2 aromatic rings. The molecule has 1 aromatic heterocycles. The number of rotatable bonds is 3. The van der Waals surface area contributed by atoms with Crippen LogP contribution in [0.2, 0.25) is 0 Å². The second-order valence-electron chi connectivity index (χ2n) is 5.35. The van der Waals surface area contributed by atoms with Crippen LogP contribution in [0.5, 0.6) is 0 Å². The summed E-state index contributed by atoms with van der Waals surface area (Å²) in [5, 5.41) is 9.14. The van der Waals surface area contributed by atoms with E-state index < -0.39 is 0 Å². The molecule has 3 rings (SSSR count). The van der Waals surface area contributed by atoms with Gasteiger partial charge in [0.15, 0.2) is 0 Å². The summed E-state index contributed by atoms with van der Waals surface area (Å²) in [6.45, 7) is 3.75. The van der Waals surface area contributed by atoms with E-state index >= 15 is 0 Å². The molecular formula is C17H17N3O2. The van der Waals surface area contributed by atoms with Crippen molar-refractivity contribution >= 4 is 5.91 Å². The Labute approximate surface area is 129 Å². The lowest BCUT2D eigenvalue weighted by Gasteiger charge is -2.34. The maximum Gasteiger partial charge on any atom is 0.257 e. The smallest absolute Gasteiger partial charge is 0.257 e. The predicted octanol–water partition coefficient (Wildman–Crippen LogP) is 2.11. The van der Waals surface area contributed by atoms with Crippen molar-refractivity contribution in [3.05, 3.63) is 59.5 Å². The summed E-state index contributed by atoms with van der Waals surface area (Å²) in [6, 6.07) is 11.6. The number of hydrogen-bond donors (Lipinski definition) is 0. The molecule has 1 aliphatic rings. The van der Waals surface area contributed by atoms with Crippen molar-refractivity contribution in [3.63, 3.8) is 0 Å². The van der Waals surface area contributed by atoms with E-state index in [1.165, 1.54) is 12.5 Å². The lowest BCUT2D eigenvalue weighted by molar-refractivity contribution is 0.0627. The van der Waals surface area contributed by atoms with Crippen LogP contribution in [-0.2, 0) is 6.54 Å². The molecule has 0 atom stereocenters. The molecule has 0 saturated carbocycles. The summed E-state index contributed by atoms with van der Waals surface area (Å²) < 4.78 is 4.96. The molecule has 22 heavy (non-hydrogen) atoms. The van der Waals surface area contributed by atoms with Gasteiger partial charge in [0.25, 0.3) is 5.91 Å². The second kappa shape index (κ2) is 6.46. The number of carbonyl (C=O) groups is 1. The molecule has 112 valence electrons. The molecule has 0 radical (unpaired) electrons. The van der Waals surface area contributed by atoms with E-state index in [1.807, 2.05) is 29.2 Å². The molecule has 1 fully saturated rings. The standard InChI is InChI=1S/C17H17N3O2/c18-11-14-3-1-2-4-15(14)12-19-6-8-20(9-7-19)17(21)16-5-10-22-13-16/h1-5,10,13H,6-9,12H2. The molecule has 0 aliphatic carbocycles. The summed E-state index contributed by atoms with van der Waals surface area (Å²) in [5.74, 6) is 0.0193. The highest BCUT2D eigenvalue weighted by Crippen LogP contribution is 2.14. The van der Waals surface area contributed by atoms with Gasteiger partial charge in [0, 0.05) is 32.7 Å². The minimum absolute atomic E-state index is 0.0193. The number of hydrogen-bond acceptors (Lipinski definition) is 4. The van der Waals surface area contributed by atoms with Crippen LogP contribution in [0, 0.1) is 11.3 Å². The molecular weight excluding hydrogens is 278 g/mol. The molecule has 1 saturated heterocycles. The van der Waals surface area contributed by atoms with Crippen molar-refractivity contribution in [2.75, 3.05) is 26.2 Å². The second-order valence-corrected chi connectivity index (χ2v) is 5.35. The van der Waals surface area contributed by atoms with Gasteiger partial charge < -0.3 is 9.32 Å². The molecule has 5 heteroatoms. The molecule has 1 aliphatic heterocycles. The Hall–Kier alpha value is -2.58. The van der Waals surface area contributed by atoms with Gasteiger partial charge in [-0.25, -0.2) is 0 Å². The summed E-state index contributed by atoms with van der Waals surface area (Å²) >= 11 is 0. The first kappa shape index (κ1) is 14.4. The van der Waals surface area contributed by atoms with Gasteiger partial charge in [-0.3, -0.25) is 9.69 Å². The normalized spacial score (nSPS) is 15.5. The Kier molecular flexibility index (Phi) is 4.22. The van der Waals surface area contributed by atoms with Crippen molar-refractivity contribution in [3.8, 4) is 6.07 Å². The third kappa shape index (κ3) is 3.02. The van der Waals surface area contributed by atoms with Crippen molar-refractivity contribution < 1.29 is 9.21 Å². The highest BCUT2D eigenvalue weighted by Gasteiger charge is 2.23. The molecule has 1 amide bonds. The zero-order valence-electron chi connectivity index (χ0n) is 12.2. The third-order valence-electron chi connectivity index (χ3n) is 3.96. The number of benzene rings is 1. The van der Waals surface area contributed by atoms with Crippen molar-refractivity contribution in [2.24, 2.45) is 0 Å². The Morgan fingerprint density at radius 3 is 2.64 bits per heavy atom. The van der Waals surface area contributed by atoms with E-state index in [1.54, 1.807) is 6.07 Å². The Balaban J connectivity index is 1.58. The average Bonchev–Trinajstić information content (AvgIpc) is 3.10. The zero-order chi connectivity index (χ0) is 15.4. The molecule has 0 bridgehead atoms. The molecule has 0 N–H and O–H groups in total. The van der Waals surface area contributed by atoms with E-state index in [0.717, 1.165) is 30.8 Å². The quantitative estimate of drug-likeness (QED) is 0.870. The van der Waals surface area contributed by atoms with E-state index in [2.05, 4.69) is 11.0 Å². The minimum Gasteiger partial charge on any atom is -0.472 e. The van der Waals surface area contributed by atoms with Gasteiger partial charge >= 0.3 is 0 Å². The maximum absolute atomic E-state index is 12.2. The van der Waals surface area contributed by atoms with Gasteiger partial charge in [0.2, 0.25) is 0 Å². The fraction of sp³-hybridized carbons (Fsp3) is 0.294. The van der Waals surface area contributed by atoms with Crippen LogP contribution >= 0.6 is 0 Å². The van der Waals surface area contributed by atoms with Crippen LogP contribution in [0.15, 0.2) is 47.3 Å². The van der Waals surface area contributed by atoms with Crippen molar-refractivity contribution in [2.45, 2.75) is 6.54 Å². The van der Waals surface area contributed by atoms with Gasteiger partial charge in [-0.2, -0.15) is 5.26 Å². The summed E-state index contributed by atoms with van der Waals surface area (Å²) in [4.78, 5) is 16.3. The van der Waals surface area contributed by atoms with E-state index in [0.29, 0.717) is 18.7 Å². The number of amides is 1. The minimum atomic E-state index is 0.0193. The SMILES string of the molecule is N#Cc1ccccc1CN1CCN(C(=O)c2ccoc2)CC1. The number of nitriles is 1.